The molecule has 154 valence electrons. The van der Waals surface area contributed by atoms with Gasteiger partial charge >= 0.3 is 0 Å². The third-order valence-electron chi connectivity index (χ3n) is 4.84. The molecule has 0 aromatic carbocycles. The second-order valence-electron chi connectivity index (χ2n) is 7.72. The van der Waals surface area contributed by atoms with Crippen molar-refractivity contribution in [3.8, 4) is 0 Å². The van der Waals surface area contributed by atoms with Gasteiger partial charge in [-0.1, -0.05) is 96.8 Å². The molecule has 0 fully saturated rings. The molecule has 0 aromatic rings. The molecular formula is C19H50O2Si4. The maximum atomic E-state index is 5.54. The highest BCUT2D eigenvalue weighted by Crippen LogP contribution is 2.13. The van der Waals surface area contributed by atoms with Crippen molar-refractivity contribution >= 4 is 39.1 Å². The first-order valence-electron chi connectivity index (χ1n) is 11.1. The zero-order valence-corrected chi connectivity index (χ0v) is 24.9. The lowest BCUT2D eigenvalue weighted by atomic mass is 10.0. The van der Waals surface area contributed by atoms with Crippen LogP contribution in [-0.2, 0) is 8.23 Å². The van der Waals surface area contributed by atoms with E-state index in [4.69, 9.17) is 8.23 Å². The molecule has 0 aliphatic carbocycles. The lowest BCUT2D eigenvalue weighted by molar-refractivity contribution is 0.536. The van der Waals surface area contributed by atoms with E-state index in [1.54, 1.807) is 0 Å². The Morgan fingerprint density at radius 2 is 0.880 bits per heavy atom. The zero-order chi connectivity index (χ0) is 19.2. The maximum Gasteiger partial charge on any atom is 0.159 e. The average molecular weight is 423 g/mol. The van der Waals surface area contributed by atoms with Gasteiger partial charge in [-0.25, -0.2) is 0 Å². The minimum atomic E-state index is -0.709. The van der Waals surface area contributed by atoms with E-state index in [-0.39, 0.29) is 0 Å². The van der Waals surface area contributed by atoms with Gasteiger partial charge in [-0.3, -0.25) is 0 Å². The van der Waals surface area contributed by atoms with Crippen LogP contribution in [0.1, 0.15) is 96.8 Å². The molecule has 0 saturated heterocycles. The van der Waals surface area contributed by atoms with E-state index in [2.05, 4.69) is 26.6 Å². The summed E-state index contributed by atoms with van der Waals surface area (Å²) in [5.74, 6) is 0. The van der Waals surface area contributed by atoms with Gasteiger partial charge in [0, 0.05) is 0 Å². The largest absolute Gasteiger partial charge is 0.466 e. The van der Waals surface area contributed by atoms with Gasteiger partial charge in [0.15, 0.2) is 18.1 Å². The van der Waals surface area contributed by atoms with Crippen LogP contribution in [0.25, 0.3) is 0 Å². The van der Waals surface area contributed by atoms with Gasteiger partial charge in [0.1, 0.15) is 21.0 Å². The Morgan fingerprint density at radius 3 is 1.16 bits per heavy atom. The Bertz CT molecular complexity index is 231. The predicted octanol–water partition coefficient (Wildman–Crippen LogP) is 4.39. The number of rotatable bonds is 17. The predicted molar refractivity (Wildman–Crippen MR) is 129 cm³/mol. The minimum Gasteiger partial charge on any atom is -0.466 e. The van der Waals surface area contributed by atoms with Crippen molar-refractivity contribution < 1.29 is 8.23 Å². The SMILES string of the molecule is CCCCCCCCCCCCCCCC[SiH](C)O[SiH3].C[SiH](C)O[SiH3]. The molecule has 2 nitrogen and oxygen atoms in total. The summed E-state index contributed by atoms with van der Waals surface area (Å²) in [4.78, 5) is 0. The molecule has 0 aliphatic rings. The molecule has 0 radical (unpaired) electrons. The van der Waals surface area contributed by atoms with E-state index >= 15 is 0 Å². The van der Waals surface area contributed by atoms with Crippen LogP contribution in [0, 0.1) is 0 Å². The molecule has 0 aromatic heterocycles. The fourth-order valence-corrected chi connectivity index (χ4v) is 4.55. The summed E-state index contributed by atoms with van der Waals surface area (Å²) < 4.78 is 10.6. The third-order valence-corrected chi connectivity index (χ3v) is 13.0. The smallest absolute Gasteiger partial charge is 0.159 e. The van der Waals surface area contributed by atoms with Crippen molar-refractivity contribution in [2.75, 3.05) is 0 Å². The molecule has 0 heterocycles. The molecule has 0 amide bonds. The number of hydrogen-bond acceptors (Lipinski definition) is 2. The minimum absolute atomic E-state index is 0.588. The van der Waals surface area contributed by atoms with Crippen molar-refractivity contribution in [1.82, 2.24) is 0 Å². The van der Waals surface area contributed by atoms with Gasteiger partial charge < -0.3 is 8.23 Å². The molecule has 0 bridgehead atoms. The third kappa shape index (κ3) is 29.8. The van der Waals surface area contributed by atoms with Crippen LogP contribution in [0.2, 0.25) is 25.7 Å². The Morgan fingerprint density at radius 1 is 0.560 bits per heavy atom. The summed E-state index contributed by atoms with van der Waals surface area (Å²) in [5.41, 5.74) is 0. The summed E-state index contributed by atoms with van der Waals surface area (Å²) in [6, 6.07) is 1.40. The van der Waals surface area contributed by atoms with E-state index < -0.39 is 18.1 Å². The first-order chi connectivity index (χ1) is 12.1. The number of hydrogen-bond donors (Lipinski definition) is 0. The molecule has 0 saturated carbocycles. The summed E-state index contributed by atoms with van der Waals surface area (Å²) in [6.45, 7) is 8.98. The van der Waals surface area contributed by atoms with E-state index in [0.717, 1.165) is 21.0 Å². The van der Waals surface area contributed by atoms with E-state index in [1.165, 1.54) is 95.9 Å². The molecule has 1 unspecified atom stereocenters. The average Bonchev–Trinajstić information content (AvgIpc) is 2.62. The summed E-state index contributed by atoms with van der Waals surface area (Å²) >= 11 is 0. The first kappa shape index (κ1) is 28.0. The second-order valence-corrected chi connectivity index (χ2v) is 15.8. The van der Waals surface area contributed by atoms with Gasteiger partial charge in [-0.05, 0) is 25.7 Å². The highest BCUT2D eigenvalue weighted by Gasteiger charge is 2.00. The fourth-order valence-electron chi connectivity index (χ4n) is 2.74. The normalized spacial score (nSPS) is 12.4. The molecule has 0 rings (SSSR count). The highest BCUT2D eigenvalue weighted by atomic mass is 28.3. The standard InChI is InChI=1S/C17H40OSi2.C2H10OSi2/c1-3-4-5-6-7-8-9-10-11-12-13-14-15-16-17-20(2)18-19;1-5(2)3-4/h20H,3-17H2,1-2,19H3;5H,1-2,4H3. The lowest BCUT2D eigenvalue weighted by Crippen LogP contribution is -2.09. The highest BCUT2D eigenvalue weighted by molar-refractivity contribution is 6.54. The Kier molecular flexibility index (Phi) is 27.8. The van der Waals surface area contributed by atoms with Crippen LogP contribution in [0.15, 0.2) is 0 Å². The zero-order valence-electron chi connectivity index (χ0n) is 18.6. The van der Waals surface area contributed by atoms with Crippen LogP contribution in [-0.4, -0.2) is 39.1 Å². The van der Waals surface area contributed by atoms with Gasteiger partial charge in [0.2, 0.25) is 0 Å². The van der Waals surface area contributed by atoms with Crippen LogP contribution in [0.5, 0.6) is 0 Å². The fraction of sp³-hybridized carbons (Fsp3) is 1.00. The summed E-state index contributed by atoms with van der Waals surface area (Å²) in [5, 5.41) is 0. The van der Waals surface area contributed by atoms with Gasteiger partial charge in [-0.15, -0.1) is 0 Å². The van der Waals surface area contributed by atoms with Crippen molar-refractivity contribution in [1.29, 1.82) is 0 Å². The Labute approximate surface area is 169 Å². The molecule has 25 heavy (non-hydrogen) atoms. The van der Waals surface area contributed by atoms with Crippen molar-refractivity contribution in [3.63, 3.8) is 0 Å². The molecule has 0 N–H and O–H groups in total. The first-order valence-corrected chi connectivity index (χ1v) is 18.0. The van der Waals surface area contributed by atoms with Crippen LogP contribution in [0.3, 0.4) is 0 Å². The van der Waals surface area contributed by atoms with Crippen molar-refractivity contribution in [3.05, 3.63) is 0 Å². The molecule has 0 spiro atoms. The number of unbranched alkanes of at least 4 members (excludes halogenated alkanes) is 13. The molecule has 6 heteroatoms. The molecular weight excluding hydrogens is 373 g/mol. The second kappa shape index (κ2) is 24.8. The van der Waals surface area contributed by atoms with Gasteiger partial charge in [-0.2, -0.15) is 0 Å². The monoisotopic (exact) mass is 422 g/mol. The van der Waals surface area contributed by atoms with Crippen LogP contribution >= 0.6 is 0 Å². The van der Waals surface area contributed by atoms with Gasteiger partial charge in [0.05, 0.1) is 0 Å². The van der Waals surface area contributed by atoms with Crippen LogP contribution < -0.4 is 0 Å². The summed E-state index contributed by atoms with van der Waals surface area (Å²) in [7, 11) is 0.594. The lowest BCUT2D eigenvalue weighted by Gasteiger charge is -2.07. The maximum absolute atomic E-state index is 5.54. The van der Waals surface area contributed by atoms with Crippen molar-refractivity contribution in [2.45, 2.75) is 123 Å². The quantitative estimate of drug-likeness (QED) is 0.256. The Balaban J connectivity index is 0. The van der Waals surface area contributed by atoms with Crippen molar-refractivity contribution in [2.24, 2.45) is 0 Å². The molecule has 1 atom stereocenters. The van der Waals surface area contributed by atoms with Crippen LogP contribution in [0.4, 0.5) is 0 Å². The van der Waals surface area contributed by atoms with Gasteiger partial charge in [0.25, 0.3) is 0 Å². The van der Waals surface area contributed by atoms with E-state index in [0.29, 0.717) is 0 Å². The molecule has 0 aliphatic heterocycles. The Hall–Kier alpha value is 0.788. The summed E-state index contributed by atoms with van der Waals surface area (Å²) in [6.07, 6.45) is 20.4. The topological polar surface area (TPSA) is 18.5 Å². The van der Waals surface area contributed by atoms with E-state index in [9.17, 15) is 0 Å². The van der Waals surface area contributed by atoms with E-state index in [1.807, 2.05) is 0 Å².